The standard InChI is InChI=1S/C22H17FN6/c1-14-5-2-3-6-15(14)13-29-22(18-7-4-8-20-19(18)12-25-27-20)26-21(28-29)16-9-17(23)11-24-10-16/h2-12H,13H2,1H3,(H,25,27). The molecular formula is C22H17FN6. The van der Waals surface area contributed by atoms with Crippen LogP contribution in [0.3, 0.4) is 0 Å². The summed E-state index contributed by atoms with van der Waals surface area (Å²) in [6.45, 7) is 2.62. The molecule has 2 aromatic carbocycles. The topological polar surface area (TPSA) is 72.3 Å². The van der Waals surface area contributed by atoms with E-state index in [1.807, 2.05) is 35.0 Å². The van der Waals surface area contributed by atoms with E-state index >= 15 is 0 Å². The van der Waals surface area contributed by atoms with Crippen LogP contribution in [0.1, 0.15) is 11.1 Å². The summed E-state index contributed by atoms with van der Waals surface area (Å²) in [4.78, 5) is 8.68. The summed E-state index contributed by atoms with van der Waals surface area (Å²) in [7, 11) is 0. The van der Waals surface area contributed by atoms with Gasteiger partial charge in [-0.15, -0.1) is 0 Å². The van der Waals surface area contributed by atoms with Gasteiger partial charge in [0.1, 0.15) is 5.82 Å². The quantitative estimate of drug-likeness (QED) is 0.499. The van der Waals surface area contributed by atoms with Crippen LogP contribution >= 0.6 is 0 Å². The molecule has 0 unspecified atom stereocenters. The zero-order valence-corrected chi connectivity index (χ0v) is 15.7. The van der Waals surface area contributed by atoms with Gasteiger partial charge in [-0.3, -0.25) is 10.1 Å². The van der Waals surface area contributed by atoms with Crippen molar-refractivity contribution in [3.8, 4) is 22.8 Å². The van der Waals surface area contributed by atoms with E-state index in [2.05, 4.69) is 34.2 Å². The first-order valence-electron chi connectivity index (χ1n) is 9.22. The van der Waals surface area contributed by atoms with E-state index in [0.717, 1.165) is 22.0 Å². The van der Waals surface area contributed by atoms with Crippen molar-refractivity contribution in [1.82, 2.24) is 29.9 Å². The van der Waals surface area contributed by atoms with E-state index in [-0.39, 0.29) is 0 Å². The van der Waals surface area contributed by atoms with Crippen LogP contribution in [-0.4, -0.2) is 29.9 Å². The fourth-order valence-corrected chi connectivity index (χ4v) is 3.42. The lowest BCUT2D eigenvalue weighted by Gasteiger charge is -2.09. The molecule has 0 saturated heterocycles. The minimum atomic E-state index is -0.420. The molecule has 5 rings (SSSR count). The molecule has 3 heterocycles. The molecule has 0 spiro atoms. The van der Waals surface area contributed by atoms with E-state index in [4.69, 9.17) is 10.1 Å². The van der Waals surface area contributed by atoms with Crippen LogP contribution in [0.5, 0.6) is 0 Å². The molecule has 29 heavy (non-hydrogen) atoms. The third kappa shape index (κ3) is 3.16. The summed E-state index contributed by atoms with van der Waals surface area (Å²) in [5.41, 5.74) is 4.68. The average molecular weight is 384 g/mol. The third-order valence-electron chi connectivity index (χ3n) is 4.94. The maximum atomic E-state index is 13.7. The van der Waals surface area contributed by atoms with Crippen molar-refractivity contribution < 1.29 is 4.39 Å². The van der Waals surface area contributed by atoms with Gasteiger partial charge in [-0.1, -0.05) is 36.4 Å². The number of aromatic amines is 1. The van der Waals surface area contributed by atoms with E-state index in [0.29, 0.717) is 23.8 Å². The molecule has 0 aliphatic rings. The van der Waals surface area contributed by atoms with Crippen LogP contribution < -0.4 is 0 Å². The third-order valence-corrected chi connectivity index (χ3v) is 4.94. The van der Waals surface area contributed by atoms with Gasteiger partial charge in [0.25, 0.3) is 0 Å². The summed E-state index contributed by atoms with van der Waals surface area (Å²) >= 11 is 0. The molecule has 0 bridgehead atoms. The first kappa shape index (κ1) is 17.2. The smallest absolute Gasteiger partial charge is 0.183 e. The number of aryl methyl sites for hydroxylation is 1. The van der Waals surface area contributed by atoms with Crippen molar-refractivity contribution in [2.45, 2.75) is 13.5 Å². The van der Waals surface area contributed by atoms with Gasteiger partial charge in [0.15, 0.2) is 11.6 Å². The number of aromatic nitrogens is 6. The molecule has 0 atom stereocenters. The van der Waals surface area contributed by atoms with E-state index in [1.165, 1.54) is 17.8 Å². The van der Waals surface area contributed by atoms with Crippen LogP contribution in [0.25, 0.3) is 33.7 Å². The molecule has 3 aromatic heterocycles. The SMILES string of the molecule is Cc1ccccc1Cn1nc(-c2cncc(F)c2)nc1-c1cccc2[nH]ncc12. The molecule has 0 saturated carbocycles. The Morgan fingerprint density at radius 2 is 1.93 bits per heavy atom. The average Bonchev–Trinajstić information content (AvgIpc) is 3.37. The molecular weight excluding hydrogens is 367 g/mol. The molecule has 0 radical (unpaired) electrons. The Kier molecular flexibility index (Phi) is 4.13. The highest BCUT2D eigenvalue weighted by molar-refractivity contribution is 5.92. The van der Waals surface area contributed by atoms with Crippen LogP contribution in [0.4, 0.5) is 4.39 Å². The molecule has 0 aliphatic carbocycles. The van der Waals surface area contributed by atoms with Crippen molar-refractivity contribution in [2.24, 2.45) is 0 Å². The van der Waals surface area contributed by atoms with Gasteiger partial charge in [-0.25, -0.2) is 14.1 Å². The Bertz CT molecular complexity index is 1320. The predicted octanol–water partition coefficient (Wildman–Crippen LogP) is 4.38. The second-order valence-electron chi connectivity index (χ2n) is 6.87. The molecule has 0 fully saturated rings. The van der Waals surface area contributed by atoms with E-state index in [1.54, 1.807) is 12.4 Å². The lowest BCUT2D eigenvalue weighted by Crippen LogP contribution is -2.05. The molecule has 0 aliphatic heterocycles. The van der Waals surface area contributed by atoms with Gasteiger partial charge < -0.3 is 0 Å². The molecule has 142 valence electrons. The number of halogens is 1. The number of nitrogens with one attached hydrogen (secondary N) is 1. The number of pyridine rings is 1. The first-order chi connectivity index (χ1) is 14.2. The van der Waals surface area contributed by atoms with E-state index < -0.39 is 5.82 Å². The van der Waals surface area contributed by atoms with Crippen molar-refractivity contribution >= 4 is 10.9 Å². The number of hydrogen-bond acceptors (Lipinski definition) is 4. The lowest BCUT2D eigenvalue weighted by molar-refractivity contribution is 0.621. The van der Waals surface area contributed by atoms with Crippen molar-refractivity contribution in [2.75, 3.05) is 0 Å². The summed E-state index contributed by atoms with van der Waals surface area (Å²) in [6.07, 6.45) is 4.51. The minimum Gasteiger partial charge on any atom is -0.278 e. The molecule has 5 aromatic rings. The van der Waals surface area contributed by atoms with Gasteiger partial charge in [0, 0.05) is 22.7 Å². The van der Waals surface area contributed by atoms with Gasteiger partial charge >= 0.3 is 0 Å². The van der Waals surface area contributed by atoms with Gasteiger partial charge in [0.2, 0.25) is 0 Å². The van der Waals surface area contributed by atoms with Crippen LogP contribution in [0, 0.1) is 12.7 Å². The molecule has 7 heteroatoms. The summed E-state index contributed by atoms with van der Waals surface area (Å²) in [6, 6.07) is 15.5. The molecule has 1 N–H and O–H groups in total. The number of H-pyrrole nitrogens is 1. The normalized spacial score (nSPS) is 11.2. The van der Waals surface area contributed by atoms with Crippen molar-refractivity contribution in [1.29, 1.82) is 0 Å². The number of hydrogen-bond donors (Lipinski definition) is 1. The predicted molar refractivity (Wildman–Crippen MR) is 109 cm³/mol. The largest absolute Gasteiger partial charge is 0.278 e. The van der Waals surface area contributed by atoms with Crippen LogP contribution in [-0.2, 0) is 6.54 Å². The number of benzene rings is 2. The molecule has 6 nitrogen and oxygen atoms in total. The maximum Gasteiger partial charge on any atom is 0.183 e. The van der Waals surface area contributed by atoms with E-state index in [9.17, 15) is 4.39 Å². The number of rotatable bonds is 4. The van der Waals surface area contributed by atoms with Gasteiger partial charge in [0.05, 0.1) is 24.5 Å². The highest BCUT2D eigenvalue weighted by atomic mass is 19.1. The summed E-state index contributed by atoms with van der Waals surface area (Å²) in [5.74, 6) is 0.705. The summed E-state index contributed by atoms with van der Waals surface area (Å²) < 4.78 is 15.6. The van der Waals surface area contributed by atoms with Crippen LogP contribution in [0.2, 0.25) is 0 Å². The Morgan fingerprint density at radius 1 is 1.03 bits per heavy atom. The second-order valence-corrected chi connectivity index (χ2v) is 6.87. The minimum absolute atomic E-state index is 0.420. The van der Waals surface area contributed by atoms with Crippen molar-refractivity contribution in [3.63, 3.8) is 0 Å². The Hall–Kier alpha value is -3.87. The monoisotopic (exact) mass is 384 g/mol. The Labute approximate surface area is 166 Å². The fraction of sp³-hybridized carbons (Fsp3) is 0.0909. The zero-order chi connectivity index (χ0) is 19.8. The highest BCUT2D eigenvalue weighted by Gasteiger charge is 2.17. The van der Waals surface area contributed by atoms with Crippen LogP contribution in [0.15, 0.2) is 67.1 Å². The lowest BCUT2D eigenvalue weighted by atomic mass is 10.1. The second kappa shape index (κ2) is 6.94. The number of fused-ring (bicyclic) bond motifs is 1. The summed E-state index contributed by atoms with van der Waals surface area (Å²) in [5, 5.41) is 12.8. The van der Waals surface area contributed by atoms with Gasteiger partial charge in [-0.05, 0) is 30.2 Å². The van der Waals surface area contributed by atoms with Crippen molar-refractivity contribution in [3.05, 3.63) is 84.1 Å². The molecule has 0 amide bonds. The first-order valence-corrected chi connectivity index (χ1v) is 9.22. The fourth-order valence-electron chi connectivity index (χ4n) is 3.42. The Morgan fingerprint density at radius 3 is 2.79 bits per heavy atom. The zero-order valence-electron chi connectivity index (χ0n) is 15.7. The maximum absolute atomic E-state index is 13.7. The number of nitrogens with zero attached hydrogens (tertiary/aromatic N) is 5. The van der Waals surface area contributed by atoms with Gasteiger partial charge in [-0.2, -0.15) is 10.2 Å². The Balaban J connectivity index is 1.70. The highest BCUT2D eigenvalue weighted by Crippen LogP contribution is 2.29.